The lowest BCUT2D eigenvalue weighted by Crippen LogP contribution is -2.53. The Morgan fingerprint density at radius 2 is 2.12 bits per heavy atom. The standard InChI is InChI=1S/C23H30N2O.H2/c1-22-12-10-20-17(6-9-21(26)25-14-4-11-23(20,25)2)19(22)8-7-18(22)16-5-3-13-24-15-16;/h3,5,7,13,15,17,19-20H,4,6,8-12,14H2,1-2H3;1H/t17-,19?,20?,22+,23+;/m0./s1. The molecule has 0 radical (unpaired) electrons. The van der Waals surface area contributed by atoms with Crippen molar-refractivity contribution in [2.24, 2.45) is 23.2 Å². The summed E-state index contributed by atoms with van der Waals surface area (Å²) in [5.41, 5.74) is 3.17. The quantitative estimate of drug-likeness (QED) is 0.717. The minimum absolute atomic E-state index is 0. The molecule has 4 aliphatic rings. The maximum Gasteiger partial charge on any atom is 0.223 e. The number of pyridine rings is 1. The van der Waals surface area contributed by atoms with Crippen LogP contribution < -0.4 is 0 Å². The zero-order valence-corrected chi connectivity index (χ0v) is 16.1. The Balaban J connectivity index is 0.00000180. The molecule has 3 fully saturated rings. The van der Waals surface area contributed by atoms with Gasteiger partial charge in [0.15, 0.2) is 0 Å². The monoisotopic (exact) mass is 352 g/mol. The fourth-order valence-electron chi connectivity index (χ4n) is 7.20. The summed E-state index contributed by atoms with van der Waals surface area (Å²) in [5, 5.41) is 0. The van der Waals surface area contributed by atoms with E-state index < -0.39 is 0 Å². The van der Waals surface area contributed by atoms with E-state index in [2.05, 4.69) is 41.9 Å². The van der Waals surface area contributed by atoms with Crippen LogP contribution in [0.2, 0.25) is 0 Å². The van der Waals surface area contributed by atoms with Gasteiger partial charge < -0.3 is 4.90 Å². The van der Waals surface area contributed by atoms with Gasteiger partial charge in [-0.25, -0.2) is 0 Å². The maximum atomic E-state index is 12.8. The molecule has 5 rings (SSSR count). The summed E-state index contributed by atoms with van der Waals surface area (Å²) in [4.78, 5) is 19.4. The molecule has 5 atom stereocenters. The first-order valence-corrected chi connectivity index (χ1v) is 10.5. The number of hydrogen-bond donors (Lipinski definition) is 0. The Morgan fingerprint density at radius 3 is 2.92 bits per heavy atom. The molecular weight excluding hydrogens is 320 g/mol. The van der Waals surface area contributed by atoms with Crippen molar-refractivity contribution >= 4 is 11.5 Å². The van der Waals surface area contributed by atoms with Crippen LogP contribution in [0, 0.1) is 23.2 Å². The van der Waals surface area contributed by atoms with E-state index in [1.807, 2.05) is 12.4 Å². The molecular formula is C23H32N2O. The Bertz CT molecular complexity index is 763. The van der Waals surface area contributed by atoms with Crippen LogP contribution in [-0.2, 0) is 4.79 Å². The number of aromatic nitrogens is 1. The number of rotatable bonds is 1. The lowest BCUT2D eigenvalue weighted by Gasteiger charge is -2.53. The fraction of sp³-hybridized carbons (Fsp3) is 0.652. The van der Waals surface area contributed by atoms with E-state index in [1.165, 1.54) is 43.2 Å². The molecule has 0 spiro atoms. The van der Waals surface area contributed by atoms with Crippen molar-refractivity contribution in [3.05, 3.63) is 36.2 Å². The van der Waals surface area contributed by atoms with Gasteiger partial charge in [-0.15, -0.1) is 0 Å². The lowest BCUT2D eigenvalue weighted by atomic mass is 9.54. The van der Waals surface area contributed by atoms with Gasteiger partial charge in [-0.1, -0.05) is 19.1 Å². The molecule has 140 valence electrons. The fourth-order valence-corrected chi connectivity index (χ4v) is 7.20. The van der Waals surface area contributed by atoms with Crippen molar-refractivity contribution in [1.29, 1.82) is 0 Å². The number of fused-ring (bicyclic) bond motifs is 5. The normalized spacial score (nSPS) is 41.9. The van der Waals surface area contributed by atoms with Crippen molar-refractivity contribution in [3.8, 4) is 0 Å². The Labute approximate surface area is 158 Å². The number of carbonyl (C=O) groups excluding carboxylic acids is 1. The van der Waals surface area contributed by atoms with Crippen LogP contribution >= 0.6 is 0 Å². The highest BCUT2D eigenvalue weighted by molar-refractivity contribution is 5.78. The van der Waals surface area contributed by atoms with Gasteiger partial charge in [-0.2, -0.15) is 0 Å². The van der Waals surface area contributed by atoms with Crippen molar-refractivity contribution in [2.75, 3.05) is 6.54 Å². The zero-order valence-electron chi connectivity index (χ0n) is 16.1. The third kappa shape index (κ3) is 2.12. The van der Waals surface area contributed by atoms with Gasteiger partial charge >= 0.3 is 0 Å². The van der Waals surface area contributed by atoms with Crippen LogP contribution in [0.1, 0.15) is 65.8 Å². The molecule has 2 saturated heterocycles. The van der Waals surface area contributed by atoms with Gasteiger partial charge in [-0.05, 0) is 85.8 Å². The number of hydrogen-bond acceptors (Lipinski definition) is 2. The van der Waals surface area contributed by atoms with Crippen LogP contribution in [0.4, 0.5) is 0 Å². The van der Waals surface area contributed by atoms with Crippen LogP contribution in [-0.4, -0.2) is 27.9 Å². The highest BCUT2D eigenvalue weighted by Gasteiger charge is 2.58. The molecule has 3 nitrogen and oxygen atoms in total. The van der Waals surface area contributed by atoms with Crippen LogP contribution in [0.15, 0.2) is 30.6 Å². The topological polar surface area (TPSA) is 33.2 Å². The number of allylic oxidation sites excluding steroid dienone is 2. The van der Waals surface area contributed by atoms with Crippen molar-refractivity contribution in [2.45, 2.75) is 64.3 Å². The summed E-state index contributed by atoms with van der Waals surface area (Å²) in [6.07, 6.45) is 14.3. The van der Waals surface area contributed by atoms with Gasteiger partial charge in [0.25, 0.3) is 0 Å². The van der Waals surface area contributed by atoms with E-state index in [1.54, 1.807) is 0 Å². The first-order valence-electron chi connectivity index (χ1n) is 10.5. The summed E-state index contributed by atoms with van der Waals surface area (Å²) in [7, 11) is 0. The van der Waals surface area contributed by atoms with Crippen molar-refractivity contribution in [3.63, 3.8) is 0 Å². The smallest absolute Gasteiger partial charge is 0.223 e. The molecule has 1 amide bonds. The molecule has 3 heteroatoms. The summed E-state index contributed by atoms with van der Waals surface area (Å²) >= 11 is 0. The van der Waals surface area contributed by atoms with Gasteiger partial charge in [0.2, 0.25) is 5.91 Å². The van der Waals surface area contributed by atoms with Crippen molar-refractivity contribution < 1.29 is 6.22 Å². The molecule has 1 aromatic heterocycles. The van der Waals surface area contributed by atoms with Crippen molar-refractivity contribution in [1.82, 2.24) is 9.88 Å². The predicted octanol–water partition coefficient (Wildman–Crippen LogP) is 4.94. The van der Waals surface area contributed by atoms with Gasteiger partial charge in [0.05, 0.1) is 0 Å². The lowest BCUT2D eigenvalue weighted by molar-refractivity contribution is -0.135. The summed E-state index contributed by atoms with van der Waals surface area (Å²) < 4.78 is 0. The molecule has 0 N–H and O–H groups in total. The Morgan fingerprint density at radius 1 is 1.23 bits per heavy atom. The average Bonchev–Trinajstić information content (AvgIpc) is 3.18. The van der Waals surface area contributed by atoms with E-state index in [-0.39, 0.29) is 12.4 Å². The Kier molecular flexibility index (Phi) is 3.61. The van der Waals surface area contributed by atoms with Crippen LogP contribution in [0.5, 0.6) is 0 Å². The average molecular weight is 353 g/mol. The molecule has 1 aromatic rings. The molecule has 2 unspecified atom stereocenters. The first-order chi connectivity index (χ1) is 12.5. The molecule has 26 heavy (non-hydrogen) atoms. The van der Waals surface area contributed by atoms with E-state index in [9.17, 15) is 4.79 Å². The number of carbonyl (C=O) groups is 1. The number of nitrogens with zero attached hydrogens (tertiary/aromatic N) is 2. The van der Waals surface area contributed by atoms with E-state index >= 15 is 0 Å². The van der Waals surface area contributed by atoms with E-state index in [4.69, 9.17) is 0 Å². The summed E-state index contributed by atoms with van der Waals surface area (Å²) in [5.74, 6) is 2.45. The third-order valence-corrected chi connectivity index (χ3v) is 8.46. The Hall–Kier alpha value is -1.64. The van der Waals surface area contributed by atoms with E-state index in [0.717, 1.165) is 19.4 Å². The predicted molar refractivity (Wildman–Crippen MR) is 105 cm³/mol. The molecule has 2 aliphatic heterocycles. The molecule has 0 aromatic carbocycles. The SMILES string of the molecule is C[C@]12CCC3[C@@H](CCC(=O)N4CCC[C@]34C)C1CC=C2c1cccnc1.[HH]. The molecule has 0 bridgehead atoms. The maximum absolute atomic E-state index is 12.8. The third-order valence-electron chi connectivity index (χ3n) is 8.46. The number of amides is 1. The van der Waals surface area contributed by atoms with Gasteiger partial charge in [0.1, 0.15) is 0 Å². The molecule has 2 aliphatic carbocycles. The van der Waals surface area contributed by atoms with Gasteiger partial charge in [-0.3, -0.25) is 9.78 Å². The second-order valence-corrected chi connectivity index (χ2v) is 9.47. The summed E-state index contributed by atoms with van der Waals surface area (Å²) in [6, 6.07) is 4.27. The largest absolute Gasteiger partial charge is 0.337 e. The highest BCUT2D eigenvalue weighted by Crippen LogP contribution is 2.63. The second-order valence-electron chi connectivity index (χ2n) is 9.47. The minimum Gasteiger partial charge on any atom is -0.337 e. The van der Waals surface area contributed by atoms with Crippen LogP contribution in [0.25, 0.3) is 5.57 Å². The highest BCUT2D eigenvalue weighted by atomic mass is 16.2. The first kappa shape index (κ1) is 16.5. The second kappa shape index (κ2) is 5.68. The molecule has 3 heterocycles. The van der Waals surface area contributed by atoms with Crippen LogP contribution in [0.3, 0.4) is 0 Å². The minimum atomic E-state index is 0. The summed E-state index contributed by atoms with van der Waals surface area (Å²) in [6.45, 7) is 5.87. The van der Waals surface area contributed by atoms with Gasteiger partial charge in [0, 0.05) is 32.3 Å². The zero-order chi connectivity index (χ0) is 17.9. The van der Waals surface area contributed by atoms with E-state index in [0.29, 0.717) is 23.7 Å². The molecule has 1 saturated carbocycles.